The van der Waals surface area contributed by atoms with Crippen LogP contribution in [0.2, 0.25) is 0 Å². The Morgan fingerprint density at radius 2 is 2.05 bits per heavy atom. The van der Waals surface area contributed by atoms with E-state index in [-0.39, 0.29) is 37.0 Å². The minimum absolute atomic E-state index is 0.0529. The molecule has 1 aromatic carbocycles. The van der Waals surface area contributed by atoms with Gasteiger partial charge in [0, 0.05) is 24.7 Å². The van der Waals surface area contributed by atoms with Gasteiger partial charge in [0.25, 0.3) is 0 Å². The van der Waals surface area contributed by atoms with E-state index in [9.17, 15) is 14.3 Å². The summed E-state index contributed by atoms with van der Waals surface area (Å²) in [4.78, 5) is 13.6. The lowest BCUT2D eigenvalue weighted by atomic mass is 9.99. The lowest BCUT2D eigenvalue weighted by molar-refractivity contribution is -0.130. The van der Waals surface area contributed by atoms with Gasteiger partial charge in [-0.15, -0.1) is 0 Å². The summed E-state index contributed by atoms with van der Waals surface area (Å²) in [7, 11) is 1.66. The number of benzene rings is 1. The van der Waals surface area contributed by atoms with Crippen molar-refractivity contribution in [3.05, 3.63) is 35.6 Å². The Bertz CT molecular complexity index is 487. The molecule has 2 rings (SSSR count). The third kappa shape index (κ3) is 4.02. The molecule has 0 spiro atoms. The Morgan fingerprint density at radius 1 is 1.38 bits per heavy atom. The van der Waals surface area contributed by atoms with Crippen LogP contribution in [0.25, 0.3) is 0 Å². The van der Waals surface area contributed by atoms with E-state index in [1.807, 2.05) is 0 Å². The molecule has 0 aliphatic heterocycles. The fourth-order valence-electron chi connectivity index (χ4n) is 2.81. The molecule has 0 heterocycles. The molecule has 0 radical (unpaired) electrons. The second kappa shape index (κ2) is 7.00. The lowest BCUT2D eigenvalue weighted by Crippen LogP contribution is -2.50. The van der Waals surface area contributed by atoms with Gasteiger partial charge in [-0.1, -0.05) is 31.0 Å². The number of aliphatic hydroxyl groups is 1. The van der Waals surface area contributed by atoms with Gasteiger partial charge in [-0.2, -0.15) is 0 Å². The highest BCUT2D eigenvalue weighted by Crippen LogP contribution is 2.28. The van der Waals surface area contributed by atoms with Gasteiger partial charge in [-0.05, 0) is 18.9 Å². The molecule has 0 aromatic heterocycles. The number of nitrogens with one attached hydrogen (secondary N) is 1. The number of carbonyl (C=O) groups is 1. The molecule has 0 saturated heterocycles. The zero-order chi connectivity index (χ0) is 15.3. The summed E-state index contributed by atoms with van der Waals surface area (Å²) in [6, 6.07) is 6.46. The highest BCUT2D eigenvalue weighted by molar-refractivity contribution is 5.78. The number of halogens is 1. The van der Waals surface area contributed by atoms with Crippen LogP contribution in [0.1, 0.15) is 31.2 Å². The summed E-state index contributed by atoms with van der Waals surface area (Å²) in [5.74, 6) is -0.397. The van der Waals surface area contributed by atoms with Crippen LogP contribution in [-0.2, 0) is 11.3 Å². The van der Waals surface area contributed by atoms with Crippen LogP contribution in [0.4, 0.5) is 4.39 Å². The molecule has 1 aliphatic rings. The topological polar surface area (TPSA) is 52.6 Å². The first-order chi connectivity index (χ1) is 10.1. The van der Waals surface area contributed by atoms with Gasteiger partial charge in [0.15, 0.2) is 0 Å². The van der Waals surface area contributed by atoms with Crippen molar-refractivity contribution < 1.29 is 14.3 Å². The highest BCUT2D eigenvalue weighted by Gasteiger charge is 2.33. The zero-order valence-corrected chi connectivity index (χ0v) is 12.4. The normalized spacial score (nSPS) is 16.9. The Morgan fingerprint density at radius 3 is 2.67 bits per heavy atom. The van der Waals surface area contributed by atoms with Gasteiger partial charge in [0.1, 0.15) is 5.82 Å². The molecule has 1 amide bonds. The first-order valence-electron chi connectivity index (χ1n) is 7.40. The van der Waals surface area contributed by atoms with E-state index < -0.39 is 0 Å². The number of aliphatic hydroxyl groups excluding tert-OH is 1. The molecule has 4 nitrogen and oxygen atoms in total. The Hall–Kier alpha value is -1.46. The van der Waals surface area contributed by atoms with E-state index in [0.717, 1.165) is 25.7 Å². The minimum Gasteiger partial charge on any atom is -0.394 e. The monoisotopic (exact) mass is 294 g/mol. The predicted octanol–water partition coefficient (Wildman–Crippen LogP) is 1.68. The van der Waals surface area contributed by atoms with Crippen molar-refractivity contribution in [1.82, 2.24) is 10.2 Å². The third-order valence-corrected chi connectivity index (χ3v) is 4.27. The van der Waals surface area contributed by atoms with E-state index in [0.29, 0.717) is 5.56 Å². The third-order valence-electron chi connectivity index (χ3n) is 4.27. The second-order valence-corrected chi connectivity index (χ2v) is 5.84. The molecule has 1 saturated carbocycles. The highest BCUT2D eigenvalue weighted by atomic mass is 19.1. The van der Waals surface area contributed by atoms with Crippen molar-refractivity contribution in [1.29, 1.82) is 0 Å². The SMILES string of the molecule is CN(Cc1ccccc1F)C(=O)CNC1(CO)CCCC1. The van der Waals surface area contributed by atoms with Crippen LogP contribution in [-0.4, -0.2) is 41.7 Å². The standard InChI is InChI=1S/C16H23FN2O2/c1-19(11-13-6-2-3-7-14(13)17)15(21)10-18-16(12-20)8-4-5-9-16/h2-3,6-7,18,20H,4-5,8-12H2,1H3. The van der Waals surface area contributed by atoms with Crippen molar-refractivity contribution in [2.45, 2.75) is 37.8 Å². The quantitative estimate of drug-likeness (QED) is 0.839. The first kappa shape index (κ1) is 15.9. The average molecular weight is 294 g/mol. The van der Waals surface area contributed by atoms with Crippen molar-refractivity contribution >= 4 is 5.91 Å². The molecule has 21 heavy (non-hydrogen) atoms. The summed E-state index contributed by atoms with van der Waals surface area (Å²) < 4.78 is 13.6. The molecule has 116 valence electrons. The van der Waals surface area contributed by atoms with E-state index in [1.165, 1.54) is 11.0 Å². The molecule has 2 N–H and O–H groups in total. The predicted molar refractivity (Wildman–Crippen MR) is 79.2 cm³/mol. The van der Waals surface area contributed by atoms with Crippen LogP contribution in [0.15, 0.2) is 24.3 Å². The number of hydrogen-bond acceptors (Lipinski definition) is 3. The lowest BCUT2D eigenvalue weighted by Gasteiger charge is -2.29. The van der Waals surface area contributed by atoms with Crippen molar-refractivity contribution in [3.63, 3.8) is 0 Å². The van der Waals surface area contributed by atoms with Crippen molar-refractivity contribution in [2.75, 3.05) is 20.2 Å². The Labute approximate surface area is 125 Å². The minimum atomic E-state index is -0.311. The van der Waals surface area contributed by atoms with E-state index >= 15 is 0 Å². The van der Waals surface area contributed by atoms with Gasteiger partial charge in [0.2, 0.25) is 5.91 Å². The summed E-state index contributed by atoms with van der Waals surface area (Å²) in [6.07, 6.45) is 3.95. The number of nitrogens with zero attached hydrogens (tertiary/aromatic N) is 1. The molecule has 1 aromatic rings. The Balaban J connectivity index is 1.87. The van der Waals surface area contributed by atoms with E-state index in [2.05, 4.69) is 5.32 Å². The van der Waals surface area contributed by atoms with Crippen LogP contribution >= 0.6 is 0 Å². The van der Waals surface area contributed by atoms with Crippen LogP contribution in [0, 0.1) is 5.82 Å². The van der Waals surface area contributed by atoms with Crippen LogP contribution < -0.4 is 5.32 Å². The fourth-order valence-corrected chi connectivity index (χ4v) is 2.81. The van der Waals surface area contributed by atoms with Gasteiger partial charge < -0.3 is 15.3 Å². The van der Waals surface area contributed by atoms with Gasteiger partial charge in [-0.3, -0.25) is 4.79 Å². The largest absolute Gasteiger partial charge is 0.394 e. The summed E-state index contributed by atoms with van der Waals surface area (Å²) in [5, 5.41) is 12.7. The number of likely N-dealkylation sites (N-methyl/N-ethyl adjacent to an activating group) is 1. The second-order valence-electron chi connectivity index (χ2n) is 5.84. The molecular formula is C16H23FN2O2. The number of hydrogen-bond donors (Lipinski definition) is 2. The maximum absolute atomic E-state index is 13.6. The molecule has 1 aliphatic carbocycles. The van der Waals surface area contributed by atoms with Crippen LogP contribution in [0.5, 0.6) is 0 Å². The van der Waals surface area contributed by atoms with Gasteiger partial charge >= 0.3 is 0 Å². The molecule has 0 bridgehead atoms. The van der Waals surface area contributed by atoms with Crippen molar-refractivity contribution in [2.24, 2.45) is 0 Å². The number of amides is 1. The molecule has 5 heteroatoms. The summed E-state index contributed by atoms with van der Waals surface area (Å²) in [6.45, 7) is 0.474. The van der Waals surface area contributed by atoms with Crippen molar-refractivity contribution in [3.8, 4) is 0 Å². The first-order valence-corrected chi connectivity index (χ1v) is 7.40. The summed E-state index contributed by atoms with van der Waals surface area (Å²) >= 11 is 0. The van der Waals surface area contributed by atoms with E-state index in [4.69, 9.17) is 0 Å². The molecule has 0 atom stereocenters. The van der Waals surface area contributed by atoms with E-state index in [1.54, 1.807) is 25.2 Å². The smallest absolute Gasteiger partial charge is 0.236 e. The average Bonchev–Trinajstić information content (AvgIpc) is 2.96. The maximum Gasteiger partial charge on any atom is 0.236 e. The fraction of sp³-hybridized carbons (Fsp3) is 0.562. The van der Waals surface area contributed by atoms with Crippen LogP contribution in [0.3, 0.4) is 0 Å². The molecular weight excluding hydrogens is 271 g/mol. The maximum atomic E-state index is 13.6. The molecule has 1 fully saturated rings. The Kier molecular flexibility index (Phi) is 5.31. The number of carbonyl (C=O) groups excluding carboxylic acids is 1. The number of rotatable bonds is 6. The van der Waals surface area contributed by atoms with Gasteiger partial charge in [0.05, 0.1) is 13.2 Å². The molecule has 0 unspecified atom stereocenters. The summed E-state index contributed by atoms with van der Waals surface area (Å²) in [5.41, 5.74) is 0.195. The van der Waals surface area contributed by atoms with Gasteiger partial charge in [-0.25, -0.2) is 4.39 Å². The zero-order valence-electron chi connectivity index (χ0n) is 12.4.